The van der Waals surface area contributed by atoms with Gasteiger partial charge in [-0.05, 0) is 93.4 Å². The molecular formula is C44H44BCl3F3N13O5. The maximum Gasteiger partial charge on any atom is 0.498 e. The number of phenols is 1. The third kappa shape index (κ3) is 15.9. The highest BCUT2D eigenvalue weighted by atomic mass is 35.5. The molecule has 3 aromatic carbocycles. The van der Waals surface area contributed by atoms with Gasteiger partial charge in [0.2, 0.25) is 22.3 Å². The first-order valence-electron chi connectivity index (χ1n) is 20.1. The lowest BCUT2D eigenvalue weighted by Crippen LogP contribution is -2.41. The molecule has 5 aromatic heterocycles. The van der Waals surface area contributed by atoms with Gasteiger partial charge in [0.1, 0.15) is 39.9 Å². The van der Waals surface area contributed by atoms with Crippen molar-refractivity contribution in [2.45, 2.75) is 38.9 Å². The molecule has 0 saturated carbocycles. The number of ether oxygens (including phenoxy) is 2. The summed E-state index contributed by atoms with van der Waals surface area (Å²) in [5.41, 5.74) is 17.2. The van der Waals surface area contributed by atoms with Crippen molar-refractivity contribution in [3.63, 3.8) is 0 Å². The molecule has 1 saturated heterocycles. The quantitative estimate of drug-likeness (QED) is 0.0400. The molecule has 0 amide bonds. The normalized spacial score (nSPS) is 13.0. The van der Waals surface area contributed by atoms with E-state index in [0.29, 0.717) is 28.4 Å². The Morgan fingerprint density at radius 1 is 0.609 bits per heavy atom. The van der Waals surface area contributed by atoms with Crippen LogP contribution in [0.3, 0.4) is 0 Å². The molecule has 0 atom stereocenters. The summed E-state index contributed by atoms with van der Waals surface area (Å²) in [7, 11) is 3.39. The van der Waals surface area contributed by atoms with Crippen LogP contribution in [0.15, 0.2) is 116 Å². The Kier molecular flexibility index (Phi) is 18.1. The average molecular weight is 1010 g/mol. The number of nitrogens with zero attached hydrogens (tertiary/aromatic N) is 10. The molecule has 6 heterocycles. The summed E-state index contributed by atoms with van der Waals surface area (Å²) in [5.74, 6) is -0.129. The second kappa shape index (κ2) is 23.7. The standard InChI is InChI=1S/C14H12FN5O.C10H17BN2O2.C10H7ClFN3O.C6H6FNO.C4H2Cl2N2/c1-20-8-9(7-18-20)14-17-5-4-13(19-14)21-10-2-3-12(16)11(15)6-10;1-9(2)10(3,4)15-11(14-9)8-6-12-13(5)7-8;11-10-14-4-3-9(15-10)16-6-1-2-8(13)7(12)5-6;7-5-3-4(9)1-2-6(5)8;5-3-1-2-7-4(6)8-3/h2-8H,16H2,1H3;6-7H,1-5H3;1-5H,13H2;1-3,9H,8H2;1-2H. The number of benzene rings is 3. The number of aryl methyl sites for hydroxylation is 2. The Morgan fingerprint density at radius 2 is 1.09 bits per heavy atom. The highest BCUT2D eigenvalue weighted by molar-refractivity contribution is 6.62. The molecule has 18 nitrogen and oxygen atoms in total. The fourth-order valence-corrected chi connectivity index (χ4v) is 5.67. The number of nitrogen functional groups attached to an aromatic ring is 3. The monoisotopic (exact) mass is 1010 g/mol. The highest BCUT2D eigenvalue weighted by Crippen LogP contribution is 2.36. The van der Waals surface area contributed by atoms with Gasteiger partial charge in [-0.25, -0.2) is 33.1 Å². The van der Waals surface area contributed by atoms with E-state index in [4.69, 9.17) is 75.9 Å². The van der Waals surface area contributed by atoms with Gasteiger partial charge < -0.3 is 41.1 Å². The van der Waals surface area contributed by atoms with Crippen LogP contribution in [0.1, 0.15) is 27.7 Å². The van der Waals surface area contributed by atoms with Crippen LogP contribution in [0.2, 0.25) is 15.7 Å². The first-order chi connectivity index (χ1) is 32.6. The Bertz CT molecular complexity index is 2940. The van der Waals surface area contributed by atoms with Crippen molar-refractivity contribution in [2.75, 3.05) is 17.2 Å². The number of aromatic nitrogens is 10. The lowest BCUT2D eigenvalue weighted by Gasteiger charge is -2.32. The minimum Gasteiger partial charge on any atom is -0.508 e. The minimum absolute atomic E-state index is 0.0489. The third-order valence-corrected chi connectivity index (χ3v) is 9.98. The van der Waals surface area contributed by atoms with E-state index in [2.05, 4.69) is 40.1 Å². The summed E-state index contributed by atoms with van der Waals surface area (Å²) in [6, 6.07) is 16.6. The van der Waals surface area contributed by atoms with E-state index in [9.17, 15) is 13.2 Å². The zero-order chi connectivity index (χ0) is 50.5. The van der Waals surface area contributed by atoms with Crippen LogP contribution in [0.4, 0.5) is 30.2 Å². The Morgan fingerprint density at radius 3 is 1.52 bits per heavy atom. The molecule has 1 aliphatic rings. The van der Waals surface area contributed by atoms with Crippen LogP contribution < -0.4 is 32.1 Å². The predicted molar refractivity (Wildman–Crippen MR) is 257 cm³/mol. The second-order valence-electron chi connectivity index (χ2n) is 15.2. The summed E-state index contributed by atoms with van der Waals surface area (Å²) in [5, 5.41) is 17.4. The van der Waals surface area contributed by atoms with E-state index in [0.717, 1.165) is 17.1 Å². The maximum atomic E-state index is 13.4. The summed E-state index contributed by atoms with van der Waals surface area (Å²) in [6.07, 6.45) is 11.7. The number of hydrogen-bond donors (Lipinski definition) is 4. The molecule has 0 aliphatic carbocycles. The van der Waals surface area contributed by atoms with Gasteiger partial charge in [0.15, 0.2) is 5.82 Å². The van der Waals surface area contributed by atoms with Crippen molar-refractivity contribution < 1.29 is 37.1 Å². The first-order valence-corrected chi connectivity index (χ1v) is 21.2. The van der Waals surface area contributed by atoms with Crippen LogP contribution in [0, 0.1) is 17.5 Å². The van der Waals surface area contributed by atoms with Crippen molar-refractivity contribution in [3.05, 3.63) is 149 Å². The molecule has 1 fully saturated rings. The minimum atomic E-state index is -0.588. The van der Waals surface area contributed by atoms with Crippen molar-refractivity contribution in [3.8, 4) is 40.4 Å². The molecule has 0 unspecified atom stereocenters. The molecule has 9 rings (SSSR count). The molecule has 1 aliphatic heterocycles. The molecular weight excluding hydrogens is 965 g/mol. The Balaban J connectivity index is 0.000000168. The van der Waals surface area contributed by atoms with Crippen molar-refractivity contribution in [2.24, 2.45) is 14.1 Å². The number of rotatable bonds is 6. The fraction of sp³-hybridized carbons (Fsp3) is 0.182. The van der Waals surface area contributed by atoms with Gasteiger partial charge in [-0.3, -0.25) is 9.36 Å². The van der Waals surface area contributed by atoms with Gasteiger partial charge in [0.25, 0.3) is 0 Å². The van der Waals surface area contributed by atoms with Crippen molar-refractivity contribution in [1.82, 2.24) is 49.5 Å². The number of phenolic OH excluding ortho intramolecular Hbond substituents is 1. The van der Waals surface area contributed by atoms with Crippen LogP contribution >= 0.6 is 34.8 Å². The largest absolute Gasteiger partial charge is 0.508 e. The fourth-order valence-electron chi connectivity index (χ4n) is 5.21. The molecule has 69 heavy (non-hydrogen) atoms. The summed E-state index contributed by atoms with van der Waals surface area (Å²) < 4.78 is 64.7. The van der Waals surface area contributed by atoms with E-state index in [1.165, 1.54) is 60.9 Å². The number of anilines is 3. The van der Waals surface area contributed by atoms with Crippen LogP contribution in [-0.2, 0) is 23.4 Å². The molecule has 0 spiro atoms. The van der Waals surface area contributed by atoms with Crippen molar-refractivity contribution in [1.29, 1.82) is 0 Å². The van der Waals surface area contributed by atoms with E-state index >= 15 is 0 Å². The topological polar surface area (TPSA) is 248 Å². The van der Waals surface area contributed by atoms with Crippen LogP contribution in [-0.4, -0.2) is 72.9 Å². The first kappa shape index (κ1) is 52.7. The second-order valence-corrected chi connectivity index (χ2v) is 16.3. The summed E-state index contributed by atoms with van der Waals surface area (Å²) in [4.78, 5) is 23.1. The zero-order valence-corrected chi connectivity index (χ0v) is 39.9. The molecule has 8 aromatic rings. The predicted octanol–water partition coefficient (Wildman–Crippen LogP) is 8.65. The molecule has 0 radical (unpaired) electrons. The van der Waals surface area contributed by atoms with Gasteiger partial charge in [-0.15, -0.1) is 0 Å². The smallest absolute Gasteiger partial charge is 0.498 e. The SMILES string of the molecule is Clc1ccnc(Cl)n1.Cn1cc(-c2nccc(Oc3ccc(N)c(F)c3)n2)cn1.Cn1cc(B2OC(C)(C)C(C)(C)O2)cn1.Nc1ccc(O)cc1F.Nc1ccc(Oc2ccnc(Cl)n2)cc1F. The van der Waals surface area contributed by atoms with Gasteiger partial charge in [0.05, 0.1) is 40.0 Å². The van der Waals surface area contributed by atoms with E-state index < -0.39 is 17.5 Å². The Labute approximate surface area is 409 Å². The van der Waals surface area contributed by atoms with Gasteiger partial charge in [-0.2, -0.15) is 20.2 Å². The van der Waals surface area contributed by atoms with Crippen LogP contribution in [0.25, 0.3) is 11.4 Å². The van der Waals surface area contributed by atoms with E-state index in [-0.39, 0.29) is 57.6 Å². The zero-order valence-electron chi connectivity index (χ0n) is 37.6. The summed E-state index contributed by atoms with van der Waals surface area (Å²) in [6.45, 7) is 8.18. The lowest BCUT2D eigenvalue weighted by atomic mass is 9.82. The average Bonchev–Trinajstić information content (AvgIpc) is 3.99. The van der Waals surface area contributed by atoms with Crippen molar-refractivity contribution >= 4 is 64.4 Å². The molecule has 25 heteroatoms. The van der Waals surface area contributed by atoms with Crippen LogP contribution in [0.5, 0.6) is 29.0 Å². The number of nitrogens with two attached hydrogens (primary N) is 3. The third-order valence-electron chi connectivity index (χ3n) is 9.41. The highest BCUT2D eigenvalue weighted by Gasteiger charge is 2.52. The van der Waals surface area contributed by atoms with E-state index in [1.807, 2.05) is 40.9 Å². The van der Waals surface area contributed by atoms with Gasteiger partial charge in [0, 0.05) is 87.1 Å². The molecule has 360 valence electrons. The molecule has 7 N–H and O–H groups in total. The van der Waals surface area contributed by atoms with E-state index in [1.54, 1.807) is 59.4 Å². The van der Waals surface area contributed by atoms with Gasteiger partial charge in [-0.1, -0.05) is 11.6 Å². The summed E-state index contributed by atoms with van der Waals surface area (Å²) >= 11 is 16.3. The number of hydrogen-bond acceptors (Lipinski definition) is 16. The number of halogens is 6. The Hall–Kier alpha value is -7.24. The lowest BCUT2D eigenvalue weighted by molar-refractivity contribution is 0.00578. The number of aromatic hydroxyl groups is 1. The van der Waals surface area contributed by atoms with Gasteiger partial charge >= 0.3 is 7.12 Å². The maximum absolute atomic E-state index is 13.4. The molecule has 0 bridgehead atoms.